The summed E-state index contributed by atoms with van der Waals surface area (Å²) in [6, 6.07) is 5.34. The van der Waals surface area contributed by atoms with E-state index in [1.165, 1.54) is 6.21 Å². The van der Waals surface area contributed by atoms with Crippen LogP contribution in [0.1, 0.15) is 5.56 Å². The Morgan fingerprint density at radius 1 is 1.07 bits per heavy atom. The van der Waals surface area contributed by atoms with Gasteiger partial charge in [-0.05, 0) is 22.9 Å². The standard InChI is InChI=1S/C19H22FN7O3/c20-15-13-21-19(23-18(15)27-5-9-30-10-6-27)24-22-12-14-1-2-17(16(11-14)25-28)26-3-7-29-8-4-26/h1-2,11-13H,3-10H2,(H,21,23,24)/b22-12-. The molecule has 0 spiro atoms. The van der Waals surface area contributed by atoms with Crippen LogP contribution in [0.4, 0.5) is 27.5 Å². The summed E-state index contributed by atoms with van der Waals surface area (Å²) in [6.45, 7) is 4.85. The van der Waals surface area contributed by atoms with Crippen LogP contribution in [-0.4, -0.2) is 68.8 Å². The SMILES string of the molecule is O=Nc1cc(/C=N\Nc2ncc(F)c(N3CCOCC3)n2)ccc1N1CCOCC1. The summed E-state index contributed by atoms with van der Waals surface area (Å²) in [6.07, 6.45) is 2.64. The first-order valence-corrected chi connectivity index (χ1v) is 9.69. The molecule has 0 amide bonds. The van der Waals surface area contributed by atoms with Crippen LogP contribution in [0, 0.1) is 10.7 Å². The minimum atomic E-state index is -0.494. The molecule has 10 nitrogen and oxygen atoms in total. The summed E-state index contributed by atoms with van der Waals surface area (Å²) in [5.74, 6) is -0.104. The molecule has 1 N–H and O–H groups in total. The van der Waals surface area contributed by atoms with Gasteiger partial charge in [-0.15, -0.1) is 4.91 Å². The number of rotatable bonds is 6. The first-order valence-electron chi connectivity index (χ1n) is 9.69. The molecule has 1 aromatic carbocycles. The van der Waals surface area contributed by atoms with Gasteiger partial charge >= 0.3 is 0 Å². The molecule has 0 radical (unpaired) electrons. The molecule has 0 aliphatic carbocycles. The van der Waals surface area contributed by atoms with E-state index < -0.39 is 5.82 Å². The van der Waals surface area contributed by atoms with Crippen molar-refractivity contribution >= 4 is 29.4 Å². The molecule has 2 aliphatic rings. The van der Waals surface area contributed by atoms with E-state index in [0.29, 0.717) is 63.9 Å². The van der Waals surface area contributed by atoms with Crippen LogP contribution in [-0.2, 0) is 9.47 Å². The van der Waals surface area contributed by atoms with Crippen molar-refractivity contribution in [2.75, 3.05) is 67.8 Å². The van der Waals surface area contributed by atoms with Gasteiger partial charge in [0.15, 0.2) is 11.6 Å². The third-order valence-corrected chi connectivity index (χ3v) is 4.86. The maximum Gasteiger partial charge on any atom is 0.245 e. The van der Waals surface area contributed by atoms with E-state index in [-0.39, 0.29) is 11.8 Å². The van der Waals surface area contributed by atoms with Crippen LogP contribution in [0.2, 0.25) is 0 Å². The van der Waals surface area contributed by atoms with Crippen molar-refractivity contribution in [3.63, 3.8) is 0 Å². The molecule has 1 aromatic heterocycles. The highest BCUT2D eigenvalue weighted by Gasteiger charge is 2.18. The number of anilines is 3. The third kappa shape index (κ3) is 4.69. The van der Waals surface area contributed by atoms with E-state index in [4.69, 9.17) is 9.47 Å². The molecular weight excluding hydrogens is 393 g/mol. The third-order valence-electron chi connectivity index (χ3n) is 4.86. The summed E-state index contributed by atoms with van der Waals surface area (Å²) < 4.78 is 24.7. The van der Waals surface area contributed by atoms with Gasteiger partial charge in [-0.2, -0.15) is 10.1 Å². The number of benzene rings is 1. The number of halogens is 1. The minimum Gasteiger partial charge on any atom is -0.378 e. The molecule has 0 atom stereocenters. The summed E-state index contributed by atoms with van der Waals surface area (Å²) in [4.78, 5) is 23.3. The Labute approximate surface area is 172 Å². The predicted molar refractivity (Wildman–Crippen MR) is 111 cm³/mol. The van der Waals surface area contributed by atoms with Gasteiger partial charge in [0, 0.05) is 26.2 Å². The van der Waals surface area contributed by atoms with Crippen molar-refractivity contribution in [2.24, 2.45) is 10.3 Å². The Morgan fingerprint density at radius 2 is 1.77 bits per heavy atom. The lowest BCUT2D eigenvalue weighted by Gasteiger charge is -2.29. The highest BCUT2D eigenvalue weighted by atomic mass is 19.1. The molecule has 3 heterocycles. The fourth-order valence-corrected chi connectivity index (χ4v) is 3.34. The van der Waals surface area contributed by atoms with Crippen molar-refractivity contribution in [1.29, 1.82) is 0 Å². The van der Waals surface area contributed by atoms with Crippen molar-refractivity contribution in [1.82, 2.24) is 9.97 Å². The monoisotopic (exact) mass is 415 g/mol. The number of nitroso groups, excluding NO2 is 1. The second kappa shape index (κ2) is 9.55. The first-order chi connectivity index (χ1) is 14.7. The lowest BCUT2D eigenvalue weighted by molar-refractivity contribution is 0.122. The number of morpholine rings is 2. The maximum absolute atomic E-state index is 14.1. The van der Waals surface area contributed by atoms with Gasteiger partial charge in [-0.25, -0.2) is 14.8 Å². The molecule has 2 saturated heterocycles. The summed E-state index contributed by atoms with van der Waals surface area (Å²) in [5.41, 5.74) is 4.50. The van der Waals surface area contributed by atoms with E-state index in [2.05, 4.69) is 30.6 Å². The van der Waals surface area contributed by atoms with Gasteiger partial charge < -0.3 is 19.3 Å². The predicted octanol–water partition coefficient (Wildman–Crippen LogP) is 2.13. The van der Waals surface area contributed by atoms with Gasteiger partial charge in [-0.3, -0.25) is 0 Å². The van der Waals surface area contributed by atoms with Crippen LogP contribution in [0.3, 0.4) is 0 Å². The Hall–Kier alpha value is -3.18. The summed E-state index contributed by atoms with van der Waals surface area (Å²) in [5, 5.41) is 7.25. The Balaban J connectivity index is 1.44. The number of nitrogens with zero attached hydrogens (tertiary/aromatic N) is 6. The highest BCUT2D eigenvalue weighted by Crippen LogP contribution is 2.30. The average Bonchev–Trinajstić information content (AvgIpc) is 2.81. The van der Waals surface area contributed by atoms with Crippen molar-refractivity contribution < 1.29 is 13.9 Å². The number of aromatic nitrogens is 2. The molecule has 2 aliphatic heterocycles. The molecule has 2 aromatic rings. The quantitative estimate of drug-likeness (QED) is 0.435. The molecule has 0 saturated carbocycles. The van der Waals surface area contributed by atoms with Crippen LogP contribution >= 0.6 is 0 Å². The summed E-state index contributed by atoms with van der Waals surface area (Å²) in [7, 11) is 0. The van der Waals surface area contributed by atoms with E-state index >= 15 is 0 Å². The van der Waals surface area contributed by atoms with Gasteiger partial charge in [0.05, 0.1) is 44.5 Å². The number of hydrazone groups is 1. The van der Waals surface area contributed by atoms with Gasteiger partial charge in [0.2, 0.25) is 5.95 Å². The summed E-state index contributed by atoms with van der Waals surface area (Å²) >= 11 is 0. The number of hydrogen-bond acceptors (Lipinski definition) is 10. The molecule has 11 heteroatoms. The van der Waals surface area contributed by atoms with Crippen molar-refractivity contribution in [2.45, 2.75) is 0 Å². The second-order valence-electron chi connectivity index (χ2n) is 6.77. The fraction of sp³-hybridized carbons (Fsp3) is 0.421. The smallest absolute Gasteiger partial charge is 0.245 e. The number of nitrogens with one attached hydrogen (secondary N) is 1. The molecule has 0 unspecified atom stereocenters. The van der Waals surface area contributed by atoms with Crippen LogP contribution in [0.25, 0.3) is 0 Å². The lowest BCUT2D eigenvalue weighted by atomic mass is 10.1. The maximum atomic E-state index is 14.1. The Kier molecular flexibility index (Phi) is 6.40. The van der Waals surface area contributed by atoms with Crippen LogP contribution in [0.15, 0.2) is 34.7 Å². The normalized spacial score (nSPS) is 17.4. The zero-order chi connectivity index (χ0) is 20.8. The zero-order valence-corrected chi connectivity index (χ0v) is 16.3. The van der Waals surface area contributed by atoms with Crippen LogP contribution in [0.5, 0.6) is 0 Å². The van der Waals surface area contributed by atoms with Crippen molar-refractivity contribution in [3.8, 4) is 0 Å². The second-order valence-corrected chi connectivity index (χ2v) is 6.77. The van der Waals surface area contributed by atoms with Gasteiger partial charge in [0.25, 0.3) is 0 Å². The topological polar surface area (TPSA) is 105 Å². The van der Waals surface area contributed by atoms with Gasteiger partial charge in [0.1, 0.15) is 5.69 Å². The number of hydrogen-bond donors (Lipinski definition) is 1. The van der Waals surface area contributed by atoms with E-state index in [1.807, 2.05) is 17.0 Å². The van der Waals surface area contributed by atoms with E-state index in [9.17, 15) is 9.30 Å². The Morgan fingerprint density at radius 3 is 2.47 bits per heavy atom. The van der Waals surface area contributed by atoms with E-state index in [0.717, 1.165) is 11.9 Å². The molecule has 4 rings (SSSR count). The first kappa shape index (κ1) is 20.1. The van der Waals surface area contributed by atoms with Crippen LogP contribution < -0.4 is 15.2 Å². The van der Waals surface area contributed by atoms with E-state index in [1.54, 1.807) is 6.07 Å². The molecular formula is C19H22FN7O3. The number of ether oxygens (including phenoxy) is 2. The highest BCUT2D eigenvalue weighted by molar-refractivity contribution is 5.84. The molecule has 2 fully saturated rings. The minimum absolute atomic E-state index is 0.174. The lowest BCUT2D eigenvalue weighted by Crippen LogP contribution is -2.37. The zero-order valence-electron chi connectivity index (χ0n) is 16.3. The molecule has 158 valence electrons. The largest absolute Gasteiger partial charge is 0.378 e. The molecule has 30 heavy (non-hydrogen) atoms. The molecule has 0 bridgehead atoms. The fourth-order valence-electron chi connectivity index (χ4n) is 3.34. The van der Waals surface area contributed by atoms with Gasteiger partial charge in [-0.1, -0.05) is 6.07 Å². The Bertz CT molecular complexity index is 915. The average molecular weight is 415 g/mol. The van der Waals surface area contributed by atoms with Crippen molar-refractivity contribution in [3.05, 3.63) is 40.7 Å².